The van der Waals surface area contributed by atoms with Crippen molar-refractivity contribution in [2.24, 2.45) is 0 Å². The van der Waals surface area contributed by atoms with E-state index in [1.54, 1.807) is 0 Å². The van der Waals surface area contributed by atoms with Gasteiger partial charge in [0.05, 0.1) is 5.60 Å². The number of benzene rings is 1. The summed E-state index contributed by atoms with van der Waals surface area (Å²) in [5.41, 5.74) is 1.28. The molecule has 1 saturated heterocycles. The minimum Gasteiger partial charge on any atom is -0.492 e. The summed E-state index contributed by atoms with van der Waals surface area (Å²) in [6, 6.07) is 8.30. The Balaban J connectivity index is 1.73. The van der Waals surface area contributed by atoms with Crippen LogP contribution in [0.2, 0.25) is 0 Å². The summed E-state index contributed by atoms with van der Waals surface area (Å²) < 4.78 is 11.5. The van der Waals surface area contributed by atoms with Crippen molar-refractivity contribution >= 4 is 0 Å². The molecule has 0 spiro atoms. The number of nitrogens with one attached hydrogen (secondary N) is 1. The maximum absolute atomic E-state index is 5.84. The molecule has 0 aliphatic carbocycles. The third kappa shape index (κ3) is 4.99. The van der Waals surface area contributed by atoms with Crippen LogP contribution in [-0.4, -0.2) is 50.9 Å². The molecule has 1 aliphatic rings. The van der Waals surface area contributed by atoms with Crippen molar-refractivity contribution in [2.45, 2.75) is 31.9 Å². The molecule has 1 aromatic rings. The van der Waals surface area contributed by atoms with Crippen LogP contribution in [0.3, 0.4) is 0 Å². The molecular weight excluding hydrogens is 264 g/mol. The van der Waals surface area contributed by atoms with Gasteiger partial charge in [-0.3, -0.25) is 4.90 Å². The van der Waals surface area contributed by atoms with Crippen molar-refractivity contribution in [1.82, 2.24) is 10.2 Å². The predicted molar refractivity (Wildman–Crippen MR) is 85.8 cm³/mol. The van der Waals surface area contributed by atoms with Crippen LogP contribution in [0.5, 0.6) is 5.75 Å². The number of piperidine rings is 1. The van der Waals surface area contributed by atoms with E-state index in [4.69, 9.17) is 9.47 Å². The zero-order valence-electron chi connectivity index (χ0n) is 13.5. The summed E-state index contributed by atoms with van der Waals surface area (Å²) in [4.78, 5) is 2.43. The predicted octanol–water partition coefficient (Wildman–Crippen LogP) is 2.29. The maximum Gasteiger partial charge on any atom is 0.119 e. The minimum atomic E-state index is 0.00699. The van der Waals surface area contributed by atoms with Gasteiger partial charge in [0.15, 0.2) is 0 Å². The summed E-state index contributed by atoms with van der Waals surface area (Å²) in [7, 11) is 3.77. The van der Waals surface area contributed by atoms with E-state index in [0.29, 0.717) is 0 Å². The minimum absolute atomic E-state index is 0.00699. The molecule has 2 rings (SSSR count). The van der Waals surface area contributed by atoms with Crippen molar-refractivity contribution in [1.29, 1.82) is 0 Å². The Morgan fingerprint density at radius 3 is 2.71 bits per heavy atom. The molecule has 0 bridgehead atoms. The first-order valence-electron chi connectivity index (χ1n) is 7.79. The van der Waals surface area contributed by atoms with Crippen molar-refractivity contribution in [3.8, 4) is 5.75 Å². The van der Waals surface area contributed by atoms with Crippen molar-refractivity contribution in [3.63, 3.8) is 0 Å². The topological polar surface area (TPSA) is 33.7 Å². The smallest absolute Gasteiger partial charge is 0.119 e. The first kappa shape index (κ1) is 16.3. The summed E-state index contributed by atoms with van der Waals surface area (Å²) >= 11 is 0. The molecule has 4 nitrogen and oxygen atoms in total. The van der Waals surface area contributed by atoms with E-state index in [1.807, 2.05) is 26.3 Å². The van der Waals surface area contributed by atoms with E-state index in [2.05, 4.69) is 29.3 Å². The SMILES string of the molecule is CNCc1ccc(OCCN2CCCC(C)(OC)C2)cc1. The molecule has 1 fully saturated rings. The lowest BCUT2D eigenvalue weighted by molar-refractivity contribution is -0.0524. The van der Waals surface area contributed by atoms with Crippen LogP contribution in [0.4, 0.5) is 0 Å². The fourth-order valence-corrected chi connectivity index (χ4v) is 2.87. The summed E-state index contributed by atoms with van der Waals surface area (Å²) in [6.45, 7) is 6.91. The van der Waals surface area contributed by atoms with Crippen LogP contribution >= 0.6 is 0 Å². The van der Waals surface area contributed by atoms with Gasteiger partial charge in [0, 0.05) is 26.7 Å². The number of ether oxygens (including phenoxy) is 2. The quantitative estimate of drug-likeness (QED) is 0.836. The fraction of sp³-hybridized carbons (Fsp3) is 0.647. The third-order valence-electron chi connectivity index (χ3n) is 4.21. The number of hydrogen-bond acceptors (Lipinski definition) is 4. The van der Waals surface area contributed by atoms with Crippen LogP contribution in [0.15, 0.2) is 24.3 Å². The lowest BCUT2D eigenvalue weighted by Gasteiger charge is -2.39. The van der Waals surface area contributed by atoms with Gasteiger partial charge in [-0.25, -0.2) is 0 Å². The molecule has 21 heavy (non-hydrogen) atoms. The summed E-state index contributed by atoms with van der Waals surface area (Å²) in [6.07, 6.45) is 2.34. The van der Waals surface area contributed by atoms with Gasteiger partial charge in [-0.1, -0.05) is 12.1 Å². The highest BCUT2D eigenvalue weighted by molar-refractivity contribution is 5.27. The Kier molecular flexibility index (Phi) is 6.03. The third-order valence-corrected chi connectivity index (χ3v) is 4.21. The Morgan fingerprint density at radius 2 is 2.05 bits per heavy atom. The van der Waals surface area contributed by atoms with Gasteiger partial charge in [0.1, 0.15) is 12.4 Å². The molecule has 0 amide bonds. The zero-order chi connectivity index (χ0) is 15.1. The second-order valence-electron chi connectivity index (χ2n) is 6.06. The number of hydrogen-bond donors (Lipinski definition) is 1. The maximum atomic E-state index is 5.84. The van der Waals surface area contributed by atoms with Crippen LogP contribution < -0.4 is 10.1 Å². The number of rotatable bonds is 7. The fourth-order valence-electron chi connectivity index (χ4n) is 2.87. The van der Waals surface area contributed by atoms with E-state index >= 15 is 0 Å². The summed E-state index contributed by atoms with van der Waals surface area (Å²) in [5.74, 6) is 0.946. The first-order chi connectivity index (χ1) is 10.1. The average molecular weight is 292 g/mol. The Morgan fingerprint density at radius 1 is 1.29 bits per heavy atom. The average Bonchev–Trinajstić information content (AvgIpc) is 2.50. The van der Waals surface area contributed by atoms with Gasteiger partial charge >= 0.3 is 0 Å². The van der Waals surface area contributed by atoms with Crippen LogP contribution in [-0.2, 0) is 11.3 Å². The first-order valence-corrected chi connectivity index (χ1v) is 7.79. The number of methoxy groups -OCH3 is 1. The van der Waals surface area contributed by atoms with Gasteiger partial charge in [0.25, 0.3) is 0 Å². The largest absolute Gasteiger partial charge is 0.492 e. The monoisotopic (exact) mass is 292 g/mol. The molecule has 118 valence electrons. The van der Waals surface area contributed by atoms with E-state index < -0.39 is 0 Å². The van der Waals surface area contributed by atoms with Crippen LogP contribution in [0.1, 0.15) is 25.3 Å². The highest BCUT2D eigenvalue weighted by atomic mass is 16.5. The molecule has 4 heteroatoms. The van der Waals surface area contributed by atoms with Crippen molar-refractivity contribution in [2.75, 3.05) is 40.4 Å². The molecule has 1 atom stereocenters. The van der Waals surface area contributed by atoms with Crippen LogP contribution in [0, 0.1) is 0 Å². The van der Waals surface area contributed by atoms with E-state index in [-0.39, 0.29) is 5.60 Å². The highest BCUT2D eigenvalue weighted by Crippen LogP contribution is 2.23. The molecule has 0 aromatic heterocycles. The summed E-state index contributed by atoms with van der Waals surface area (Å²) in [5, 5.41) is 3.14. The normalized spacial score (nSPS) is 23.2. The lowest BCUT2D eigenvalue weighted by atomic mass is 9.95. The second kappa shape index (κ2) is 7.78. The second-order valence-corrected chi connectivity index (χ2v) is 6.06. The standard InChI is InChI=1S/C17H28N2O2/c1-17(20-3)9-4-10-19(14-17)11-12-21-16-7-5-15(6-8-16)13-18-2/h5-8,18H,4,9-14H2,1-3H3. The van der Waals surface area contributed by atoms with E-state index in [0.717, 1.165) is 45.0 Å². The molecule has 1 aromatic carbocycles. The zero-order valence-corrected chi connectivity index (χ0v) is 13.5. The number of nitrogens with zero attached hydrogens (tertiary/aromatic N) is 1. The molecule has 0 saturated carbocycles. The van der Waals surface area contributed by atoms with Gasteiger partial charge < -0.3 is 14.8 Å². The van der Waals surface area contributed by atoms with Gasteiger partial charge in [0.2, 0.25) is 0 Å². The van der Waals surface area contributed by atoms with Crippen molar-refractivity contribution < 1.29 is 9.47 Å². The molecule has 0 radical (unpaired) electrons. The van der Waals surface area contributed by atoms with Gasteiger partial charge in [-0.05, 0) is 51.1 Å². The Bertz CT molecular complexity index is 421. The Hall–Kier alpha value is -1.10. The molecule has 1 heterocycles. The lowest BCUT2D eigenvalue weighted by Crippen LogP contribution is -2.48. The van der Waals surface area contributed by atoms with Gasteiger partial charge in [-0.15, -0.1) is 0 Å². The van der Waals surface area contributed by atoms with E-state index in [9.17, 15) is 0 Å². The molecule has 1 unspecified atom stereocenters. The number of likely N-dealkylation sites (tertiary alicyclic amines) is 1. The molecule has 1 N–H and O–H groups in total. The van der Waals surface area contributed by atoms with Crippen LogP contribution in [0.25, 0.3) is 0 Å². The molecular formula is C17H28N2O2. The Labute approximate surface area is 128 Å². The highest BCUT2D eigenvalue weighted by Gasteiger charge is 2.30. The van der Waals surface area contributed by atoms with E-state index in [1.165, 1.54) is 12.0 Å². The molecule has 1 aliphatic heterocycles. The van der Waals surface area contributed by atoms with Crippen molar-refractivity contribution in [3.05, 3.63) is 29.8 Å². The van der Waals surface area contributed by atoms with Gasteiger partial charge in [-0.2, -0.15) is 0 Å².